The first-order valence-electron chi connectivity index (χ1n) is 9.74. The first-order valence-corrected chi connectivity index (χ1v) is 9.74. The van der Waals surface area contributed by atoms with Crippen molar-refractivity contribution in [3.8, 4) is 0 Å². The van der Waals surface area contributed by atoms with Crippen molar-refractivity contribution in [1.82, 2.24) is 14.4 Å². The van der Waals surface area contributed by atoms with Crippen molar-refractivity contribution in [2.45, 2.75) is 57.3 Å². The zero-order valence-corrected chi connectivity index (χ0v) is 15.6. The highest BCUT2D eigenvalue weighted by Gasteiger charge is 2.37. The number of benzene rings is 1. The van der Waals surface area contributed by atoms with Gasteiger partial charge in [-0.3, -0.25) is 9.38 Å². The topological polar surface area (TPSA) is 30.2 Å². The minimum Gasteiger partial charge on any atom is -0.299 e. The third kappa shape index (κ3) is 1.83. The fraction of sp³-hybridized carbons (Fsp3) is 0.391. The van der Waals surface area contributed by atoms with E-state index in [-0.39, 0.29) is 5.41 Å². The summed E-state index contributed by atoms with van der Waals surface area (Å²) < 4.78 is 2.24. The Hall–Kier alpha value is -2.42. The lowest BCUT2D eigenvalue weighted by Crippen LogP contribution is -2.13. The van der Waals surface area contributed by atoms with Gasteiger partial charge in [0.1, 0.15) is 11.2 Å². The third-order valence-electron chi connectivity index (χ3n) is 6.56. The van der Waals surface area contributed by atoms with Gasteiger partial charge in [0, 0.05) is 22.7 Å². The molecule has 3 nitrogen and oxygen atoms in total. The average molecular weight is 341 g/mol. The molecule has 2 unspecified atom stereocenters. The normalized spacial score (nSPS) is 22.0. The van der Waals surface area contributed by atoms with Crippen molar-refractivity contribution in [3.05, 3.63) is 53.5 Å². The van der Waals surface area contributed by atoms with Gasteiger partial charge < -0.3 is 0 Å². The first kappa shape index (κ1) is 14.7. The van der Waals surface area contributed by atoms with Crippen LogP contribution in [0.25, 0.3) is 27.5 Å². The second kappa shape index (κ2) is 4.64. The zero-order valence-electron chi connectivity index (χ0n) is 15.6. The molecule has 4 aromatic rings. The van der Waals surface area contributed by atoms with Crippen LogP contribution < -0.4 is 0 Å². The summed E-state index contributed by atoms with van der Waals surface area (Å²) in [5.74, 6) is 1.58. The van der Waals surface area contributed by atoms with Crippen LogP contribution in [-0.2, 0) is 5.41 Å². The molecule has 6 rings (SSSR count). The summed E-state index contributed by atoms with van der Waals surface area (Å²) >= 11 is 0. The van der Waals surface area contributed by atoms with Gasteiger partial charge in [0.2, 0.25) is 0 Å². The minimum atomic E-state index is 0.0370. The molecule has 3 heteroatoms. The molecule has 3 aromatic heterocycles. The van der Waals surface area contributed by atoms with E-state index in [0.29, 0.717) is 0 Å². The molecule has 2 aliphatic rings. The zero-order chi connectivity index (χ0) is 17.6. The largest absolute Gasteiger partial charge is 0.299 e. The molecule has 1 aromatic carbocycles. The maximum Gasteiger partial charge on any atom is 0.145 e. The van der Waals surface area contributed by atoms with Crippen LogP contribution in [0.15, 0.2) is 36.7 Å². The van der Waals surface area contributed by atoms with Crippen LogP contribution in [0.2, 0.25) is 0 Å². The molecule has 2 bridgehead atoms. The molecule has 1 saturated carbocycles. The van der Waals surface area contributed by atoms with Crippen molar-refractivity contribution >= 4 is 27.5 Å². The van der Waals surface area contributed by atoms with E-state index in [9.17, 15) is 0 Å². The standard InChI is InChI=1S/C23H23N3/c1-23(2,3)21-11-20-19(12-24-21)25-22-18-10-17-14-5-4-13(8-14)16(17)9-15(18)6-7-26(20)22/h6-7,9-14H,4-5,8H2,1-3H3. The summed E-state index contributed by atoms with van der Waals surface area (Å²) in [6.07, 6.45) is 8.21. The van der Waals surface area contributed by atoms with Gasteiger partial charge in [0.15, 0.2) is 0 Å². The Labute approximate surface area is 153 Å². The van der Waals surface area contributed by atoms with Crippen molar-refractivity contribution in [1.29, 1.82) is 0 Å². The molecule has 1 fully saturated rings. The molecule has 0 spiro atoms. The Morgan fingerprint density at radius 2 is 1.81 bits per heavy atom. The number of rotatable bonds is 0. The fourth-order valence-corrected chi connectivity index (χ4v) is 5.14. The summed E-state index contributed by atoms with van der Waals surface area (Å²) in [6.45, 7) is 6.62. The average Bonchev–Trinajstić information content (AvgIpc) is 3.31. The number of fused-ring (bicyclic) bond motifs is 10. The molecule has 0 radical (unpaired) electrons. The molecule has 2 aliphatic carbocycles. The summed E-state index contributed by atoms with van der Waals surface area (Å²) in [6, 6.07) is 9.34. The maximum atomic E-state index is 4.95. The molecule has 0 amide bonds. The Morgan fingerprint density at radius 3 is 2.58 bits per heavy atom. The van der Waals surface area contributed by atoms with E-state index in [1.165, 1.54) is 30.0 Å². The van der Waals surface area contributed by atoms with Crippen molar-refractivity contribution in [2.75, 3.05) is 0 Å². The Morgan fingerprint density at radius 1 is 1.04 bits per heavy atom. The lowest BCUT2D eigenvalue weighted by atomic mass is 9.89. The van der Waals surface area contributed by atoms with Crippen molar-refractivity contribution in [2.24, 2.45) is 0 Å². The summed E-state index contributed by atoms with van der Waals surface area (Å²) in [7, 11) is 0. The van der Waals surface area contributed by atoms with E-state index in [1.807, 2.05) is 6.20 Å². The summed E-state index contributed by atoms with van der Waals surface area (Å²) in [5, 5.41) is 2.61. The van der Waals surface area contributed by atoms with E-state index >= 15 is 0 Å². The van der Waals surface area contributed by atoms with Crippen LogP contribution in [0.3, 0.4) is 0 Å². The van der Waals surface area contributed by atoms with Gasteiger partial charge >= 0.3 is 0 Å². The molecule has 0 N–H and O–H groups in total. The Kier molecular flexibility index (Phi) is 2.63. The molecule has 130 valence electrons. The predicted molar refractivity (Wildman–Crippen MR) is 106 cm³/mol. The fourth-order valence-electron chi connectivity index (χ4n) is 5.14. The van der Waals surface area contributed by atoms with E-state index in [0.717, 1.165) is 34.2 Å². The van der Waals surface area contributed by atoms with Gasteiger partial charge in [-0.2, -0.15) is 0 Å². The smallest absolute Gasteiger partial charge is 0.145 e. The molecular formula is C23H23N3. The highest BCUT2D eigenvalue weighted by molar-refractivity contribution is 5.99. The van der Waals surface area contributed by atoms with Gasteiger partial charge in [0.05, 0.1) is 11.7 Å². The highest BCUT2D eigenvalue weighted by Crippen LogP contribution is 2.54. The molecule has 26 heavy (non-hydrogen) atoms. The van der Waals surface area contributed by atoms with Crippen LogP contribution in [0.4, 0.5) is 0 Å². The number of hydrogen-bond acceptors (Lipinski definition) is 2. The van der Waals surface area contributed by atoms with Gasteiger partial charge in [0.25, 0.3) is 0 Å². The van der Waals surface area contributed by atoms with Crippen LogP contribution in [-0.4, -0.2) is 14.4 Å². The quantitative estimate of drug-likeness (QED) is 0.411. The number of nitrogens with zero attached hydrogens (tertiary/aromatic N) is 3. The maximum absolute atomic E-state index is 4.95. The highest BCUT2D eigenvalue weighted by atomic mass is 15.0. The van der Waals surface area contributed by atoms with Crippen molar-refractivity contribution < 1.29 is 0 Å². The Balaban J connectivity index is 1.67. The van der Waals surface area contributed by atoms with E-state index in [1.54, 1.807) is 11.1 Å². The second-order valence-electron chi connectivity index (χ2n) is 9.20. The first-order chi connectivity index (χ1) is 12.5. The summed E-state index contributed by atoms with van der Waals surface area (Å²) in [4.78, 5) is 9.62. The van der Waals surface area contributed by atoms with E-state index in [4.69, 9.17) is 4.98 Å². The van der Waals surface area contributed by atoms with Crippen LogP contribution in [0.1, 0.15) is 68.7 Å². The van der Waals surface area contributed by atoms with Crippen LogP contribution >= 0.6 is 0 Å². The SMILES string of the molecule is CC(C)(C)c1cc2c(cn1)nc1c3cc4c(cc3ccn21)C1CCC4C1. The van der Waals surface area contributed by atoms with E-state index in [2.05, 4.69) is 60.6 Å². The predicted octanol–water partition coefficient (Wildman–Crippen LogP) is 5.70. The molecular weight excluding hydrogens is 318 g/mol. The number of pyridine rings is 2. The van der Waals surface area contributed by atoms with Crippen LogP contribution in [0.5, 0.6) is 0 Å². The molecule has 0 saturated heterocycles. The van der Waals surface area contributed by atoms with E-state index < -0.39 is 0 Å². The second-order valence-corrected chi connectivity index (χ2v) is 9.20. The van der Waals surface area contributed by atoms with Crippen molar-refractivity contribution in [3.63, 3.8) is 0 Å². The molecule has 2 atom stereocenters. The van der Waals surface area contributed by atoms with Gasteiger partial charge in [-0.1, -0.05) is 26.8 Å². The molecule has 3 heterocycles. The summed E-state index contributed by atoms with van der Waals surface area (Å²) in [5.41, 5.74) is 7.54. The van der Waals surface area contributed by atoms with Gasteiger partial charge in [-0.25, -0.2) is 4.98 Å². The lowest BCUT2D eigenvalue weighted by Gasteiger charge is -2.17. The van der Waals surface area contributed by atoms with Gasteiger partial charge in [-0.15, -0.1) is 0 Å². The molecule has 0 aliphatic heterocycles. The van der Waals surface area contributed by atoms with Gasteiger partial charge in [-0.05, 0) is 65.8 Å². The monoisotopic (exact) mass is 341 g/mol. The third-order valence-corrected chi connectivity index (χ3v) is 6.56. The van der Waals surface area contributed by atoms with Crippen LogP contribution in [0, 0.1) is 0 Å². The minimum absolute atomic E-state index is 0.0370. The number of aromatic nitrogens is 3. The lowest BCUT2D eigenvalue weighted by molar-refractivity contribution is 0.570. The number of hydrogen-bond donors (Lipinski definition) is 0. The number of imidazole rings is 1. The Bertz CT molecular complexity index is 1210.